The van der Waals surface area contributed by atoms with Gasteiger partial charge < -0.3 is 5.73 Å². The van der Waals surface area contributed by atoms with Crippen molar-refractivity contribution < 1.29 is 0 Å². The van der Waals surface area contributed by atoms with Gasteiger partial charge in [-0.1, -0.05) is 59.1 Å². The van der Waals surface area contributed by atoms with Crippen LogP contribution in [0.5, 0.6) is 0 Å². The van der Waals surface area contributed by atoms with Crippen molar-refractivity contribution in [2.24, 2.45) is 5.73 Å². The second-order valence-electron chi connectivity index (χ2n) is 5.13. The Morgan fingerprint density at radius 3 is 2.40 bits per heavy atom. The van der Waals surface area contributed by atoms with Gasteiger partial charge >= 0.3 is 0 Å². The molecule has 0 radical (unpaired) electrons. The van der Waals surface area contributed by atoms with Crippen molar-refractivity contribution in [2.45, 2.75) is 25.6 Å². The van der Waals surface area contributed by atoms with Crippen LogP contribution in [-0.2, 0) is 5.75 Å². The summed E-state index contributed by atoms with van der Waals surface area (Å²) in [5.41, 5.74) is 11.2. The highest BCUT2D eigenvalue weighted by Gasteiger charge is 2.08. The number of halogens is 1. The van der Waals surface area contributed by atoms with Gasteiger partial charge in [-0.2, -0.15) is 11.8 Å². The molecule has 2 aromatic rings. The van der Waals surface area contributed by atoms with Crippen LogP contribution in [-0.4, -0.2) is 5.75 Å². The Morgan fingerprint density at radius 2 is 1.75 bits per heavy atom. The molecule has 0 amide bonds. The molecule has 0 heterocycles. The van der Waals surface area contributed by atoms with E-state index in [4.69, 9.17) is 17.3 Å². The van der Waals surface area contributed by atoms with Gasteiger partial charge in [0.1, 0.15) is 0 Å². The van der Waals surface area contributed by atoms with Gasteiger partial charge in [0, 0.05) is 22.6 Å². The van der Waals surface area contributed by atoms with E-state index in [1.54, 1.807) is 0 Å². The van der Waals surface area contributed by atoms with Crippen LogP contribution in [0.1, 0.15) is 28.3 Å². The minimum absolute atomic E-state index is 0.0705. The summed E-state index contributed by atoms with van der Waals surface area (Å²) in [6.07, 6.45) is 0. The predicted octanol–water partition coefficient (Wildman–Crippen LogP) is 4.89. The standard InChI is InChI=1S/C17H20ClNS/c1-12-7-13(2)9-15(8-12)17(19)11-20-10-14-5-3-4-6-16(14)18/h3-9,17H,10-11,19H2,1-2H3. The molecule has 0 spiro atoms. The van der Waals surface area contributed by atoms with Crippen molar-refractivity contribution in [3.8, 4) is 0 Å². The summed E-state index contributed by atoms with van der Waals surface area (Å²) in [6.45, 7) is 4.22. The minimum Gasteiger partial charge on any atom is -0.323 e. The third kappa shape index (κ3) is 4.27. The fourth-order valence-electron chi connectivity index (χ4n) is 2.23. The molecule has 106 valence electrons. The Morgan fingerprint density at radius 1 is 1.10 bits per heavy atom. The van der Waals surface area contributed by atoms with Crippen molar-refractivity contribution in [3.63, 3.8) is 0 Å². The van der Waals surface area contributed by atoms with E-state index in [1.807, 2.05) is 30.0 Å². The van der Waals surface area contributed by atoms with E-state index < -0.39 is 0 Å². The Balaban J connectivity index is 1.92. The molecule has 0 saturated carbocycles. The molecule has 0 aliphatic carbocycles. The van der Waals surface area contributed by atoms with Gasteiger partial charge in [0.05, 0.1) is 0 Å². The topological polar surface area (TPSA) is 26.0 Å². The maximum absolute atomic E-state index is 6.28. The molecule has 0 fully saturated rings. The van der Waals surface area contributed by atoms with Crippen molar-refractivity contribution >= 4 is 23.4 Å². The summed E-state index contributed by atoms with van der Waals surface area (Å²) in [5, 5.41) is 0.833. The van der Waals surface area contributed by atoms with E-state index in [2.05, 4.69) is 38.1 Å². The molecule has 2 aromatic carbocycles. The zero-order chi connectivity index (χ0) is 14.5. The molecular formula is C17H20ClNS. The molecule has 1 unspecified atom stereocenters. The summed E-state index contributed by atoms with van der Waals surface area (Å²) in [4.78, 5) is 0. The summed E-state index contributed by atoms with van der Waals surface area (Å²) in [5.74, 6) is 1.80. The molecule has 0 aliphatic heterocycles. The largest absolute Gasteiger partial charge is 0.323 e. The van der Waals surface area contributed by atoms with Crippen molar-refractivity contribution in [2.75, 3.05) is 5.75 Å². The number of hydrogen-bond acceptors (Lipinski definition) is 2. The Kier molecular flexibility index (Phi) is 5.53. The molecule has 2 N–H and O–H groups in total. The summed E-state index contributed by atoms with van der Waals surface area (Å²) in [7, 11) is 0. The first-order chi connectivity index (χ1) is 9.56. The van der Waals surface area contributed by atoms with Crippen LogP contribution in [0.4, 0.5) is 0 Å². The number of benzene rings is 2. The number of nitrogens with two attached hydrogens (primary N) is 1. The number of aryl methyl sites for hydroxylation is 2. The summed E-state index contributed by atoms with van der Waals surface area (Å²) in [6, 6.07) is 14.6. The molecule has 0 aliphatic rings. The van der Waals surface area contributed by atoms with E-state index in [1.165, 1.54) is 22.3 Å². The predicted molar refractivity (Wildman–Crippen MR) is 90.5 cm³/mol. The summed E-state index contributed by atoms with van der Waals surface area (Å²) >= 11 is 7.98. The monoisotopic (exact) mass is 305 g/mol. The molecule has 0 aromatic heterocycles. The lowest BCUT2D eigenvalue weighted by molar-refractivity contribution is 0.828. The lowest BCUT2D eigenvalue weighted by Gasteiger charge is -2.14. The first-order valence-electron chi connectivity index (χ1n) is 6.71. The molecule has 2 rings (SSSR count). The Hall–Kier alpha value is -0.960. The Bertz CT molecular complexity index is 563. The van der Waals surface area contributed by atoms with Crippen LogP contribution < -0.4 is 5.73 Å². The molecule has 1 nitrogen and oxygen atoms in total. The van der Waals surface area contributed by atoms with E-state index in [9.17, 15) is 0 Å². The van der Waals surface area contributed by atoms with Gasteiger partial charge in [-0.3, -0.25) is 0 Å². The molecule has 20 heavy (non-hydrogen) atoms. The highest BCUT2D eigenvalue weighted by Crippen LogP contribution is 2.24. The average Bonchev–Trinajstić information content (AvgIpc) is 2.39. The van der Waals surface area contributed by atoms with Gasteiger partial charge in [-0.15, -0.1) is 0 Å². The third-order valence-electron chi connectivity index (χ3n) is 3.18. The van der Waals surface area contributed by atoms with Crippen LogP contribution in [0, 0.1) is 13.8 Å². The first kappa shape index (κ1) is 15.4. The number of thioether (sulfide) groups is 1. The van der Waals surface area contributed by atoms with Gasteiger partial charge in [0.2, 0.25) is 0 Å². The fourth-order valence-corrected chi connectivity index (χ4v) is 3.55. The molecular weight excluding hydrogens is 286 g/mol. The number of hydrogen-bond donors (Lipinski definition) is 1. The molecule has 0 bridgehead atoms. The van der Waals surface area contributed by atoms with E-state index in [0.717, 1.165) is 16.5 Å². The van der Waals surface area contributed by atoms with E-state index in [0.29, 0.717) is 0 Å². The highest BCUT2D eigenvalue weighted by molar-refractivity contribution is 7.98. The fraction of sp³-hybridized carbons (Fsp3) is 0.294. The lowest BCUT2D eigenvalue weighted by atomic mass is 10.0. The third-order valence-corrected chi connectivity index (χ3v) is 4.66. The van der Waals surface area contributed by atoms with Gasteiger partial charge in [-0.25, -0.2) is 0 Å². The molecule has 0 saturated heterocycles. The Labute approximate surface area is 130 Å². The quantitative estimate of drug-likeness (QED) is 0.851. The second kappa shape index (κ2) is 7.16. The lowest BCUT2D eigenvalue weighted by Crippen LogP contribution is -2.13. The van der Waals surface area contributed by atoms with Gasteiger partial charge in [0.25, 0.3) is 0 Å². The molecule has 3 heteroatoms. The highest BCUT2D eigenvalue weighted by atomic mass is 35.5. The van der Waals surface area contributed by atoms with Gasteiger partial charge in [0.15, 0.2) is 0 Å². The maximum Gasteiger partial charge on any atom is 0.0446 e. The summed E-state index contributed by atoms with van der Waals surface area (Å²) < 4.78 is 0. The smallest absolute Gasteiger partial charge is 0.0446 e. The zero-order valence-electron chi connectivity index (χ0n) is 11.9. The number of rotatable bonds is 5. The van der Waals surface area contributed by atoms with Gasteiger partial charge in [-0.05, 0) is 31.0 Å². The van der Waals surface area contributed by atoms with E-state index in [-0.39, 0.29) is 6.04 Å². The van der Waals surface area contributed by atoms with Crippen LogP contribution >= 0.6 is 23.4 Å². The van der Waals surface area contributed by atoms with Crippen LogP contribution in [0.2, 0.25) is 5.02 Å². The first-order valence-corrected chi connectivity index (χ1v) is 8.24. The van der Waals surface area contributed by atoms with Crippen LogP contribution in [0.3, 0.4) is 0 Å². The zero-order valence-corrected chi connectivity index (χ0v) is 13.5. The second-order valence-corrected chi connectivity index (χ2v) is 6.57. The SMILES string of the molecule is Cc1cc(C)cc(C(N)CSCc2ccccc2Cl)c1. The molecule has 1 atom stereocenters. The minimum atomic E-state index is 0.0705. The normalized spacial score (nSPS) is 12.4. The maximum atomic E-state index is 6.28. The van der Waals surface area contributed by atoms with Crippen LogP contribution in [0.25, 0.3) is 0 Å². The van der Waals surface area contributed by atoms with Crippen molar-refractivity contribution in [3.05, 3.63) is 69.7 Å². The van der Waals surface area contributed by atoms with Crippen LogP contribution in [0.15, 0.2) is 42.5 Å². The average molecular weight is 306 g/mol. The van der Waals surface area contributed by atoms with Crippen molar-refractivity contribution in [1.29, 1.82) is 0 Å². The van der Waals surface area contributed by atoms with Crippen molar-refractivity contribution in [1.82, 2.24) is 0 Å². The van der Waals surface area contributed by atoms with E-state index >= 15 is 0 Å².